The third kappa shape index (κ3) is 1.07. The molecule has 0 unspecified atom stereocenters. The van der Waals surface area contributed by atoms with Gasteiger partial charge in [-0.2, -0.15) is 0 Å². The van der Waals surface area contributed by atoms with Gasteiger partial charge in [0.15, 0.2) is 0 Å². The highest BCUT2D eigenvalue weighted by Gasteiger charge is 2.80. The van der Waals surface area contributed by atoms with Crippen molar-refractivity contribution >= 4 is 0 Å². The molecule has 0 amide bonds. The molecule has 0 bridgehead atoms. The van der Waals surface area contributed by atoms with Crippen LogP contribution in [0.3, 0.4) is 0 Å². The summed E-state index contributed by atoms with van der Waals surface area (Å²) >= 11 is 0. The van der Waals surface area contributed by atoms with Gasteiger partial charge in [-0.05, 0) is 43.4 Å². The summed E-state index contributed by atoms with van der Waals surface area (Å²) in [6.45, 7) is -0.184. The number of alkyl halides is 2. The molecule has 92 valence electrons. The maximum Gasteiger partial charge on any atom is 0.259 e. The van der Waals surface area contributed by atoms with Crippen molar-refractivity contribution in [2.45, 2.75) is 38.0 Å². The minimum absolute atomic E-state index is 0.179. The van der Waals surface area contributed by atoms with Crippen LogP contribution >= 0.6 is 0 Å². The fourth-order valence-corrected chi connectivity index (χ4v) is 4.06. The van der Waals surface area contributed by atoms with Gasteiger partial charge in [0.05, 0.1) is 12.5 Å². The second-order valence-electron chi connectivity index (χ2n) is 5.96. The molecule has 0 aliphatic heterocycles. The molecule has 2 spiro atoms. The number of hydrogen-bond acceptors (Lipinski definition) is 2. The van der Waals surface area contributed by atoms with Crippen molar-refractivity contribution in [2.24, 2.45) is 22.7 Å². The molecule has 2 N–H and O–H groups in total. The first-order chi connectivity index (χ1) is 7.52. The molecular formula is C12H18F2O2. The Morgan fingerprint density at radius 3 is 2.00 bits per heavy atom. The van der Waals surface area contributed by atoms with E-state index in [0.29, 0.717) is 18.8 Å². The van der Waals surface area contributed by atoms with Crippen molar-refractivity contribution in [1.29, 1.82) is 0 Å². The maximum atomic E-state index is 13.6. The molecule has 2 atom stereocenters. The van der Waals surface area contributed by atoms with E-state index >= 15 is 0 Å². The van der Waals surface area contributed by atoms with Gasteiger partial charge < -0.3 is 10.2 Å². The van der Waals surface area contributed by atoms with Crippen LogP contribution in [-0.4, -0.2) is 29.3 Å². The molecule has 16 heavy (non-hydrogen) atoms. The van der Waals surface area contributed by atoms with Crippen LogP contribution in [0.4, 0.5) is 8.78 Å². The van der Waals surface area contributed by atoms with Crippen molar-refractivity contribution in [1.82, 2.24) is 0 Å². The summed E-state index contributed by atoms with van der Waals surface area (Å²) in [5, 5.41) is 18.1. The SMILES string of the molecule is OC[C@H]1CC12CCC1(CC2)[C@@H](CO)C1(F)F. The van der Waals surface area contributed by atoms with E-state index in [1.165, 1.54) is 0 Å². The van der Waals surface area contributed by atoms with Crippen LogP contribution in [0.15, 0.2) is 0 Å². The molecular weight excluding hydrogens is 214 g/mol. The highest BCUT2D eigenvalue weighted by Crippen LogP contribution is 2.76. The van der Waals surface area contributed by atoms with Gasteiger partial charge in [0.25, 0.3) is 5.92 Å². The quantitative estimate of drug-likeness (QED) is 0.762. The summed E-state index contributed by atoms with van der Waals surface area (Å²) in [4.78, 5) is 0. The first kappa shape index (κ1) is 10.9. The van der Waals surface area contributed by atoms with Gasteiger partial charge in [-0.25, -0.2) is 8.78 Å². The molecule has 0 heterocycles. The molecule has 0 aromatic heterocycles. The topological polar surface area (TPSA) is 40.5 Å². The van der Waals surface area contributed by atoms with E-state index in [2.05, 4.69) is 0 Å². The summed E-state index contributed by atoms with van der Waals surface area (Å²) in [6, 6.07) is 0. The van der Waals surface area contributed by atoms with E-state index < -0.39 is 17.3 Å². The van der Waals surface area contributed by atoms with Gasteiger partial charge >= 0.3 is 0 Å². The predicted molar refractivity (Wildman–Crippen MR) is 54.0 cm³/mol. The highest BCUT2D eigenvalue weighted by molar-refractivity contribution is 5.21. The zero-order valence-corrected chi connectivity index (χ0v) is 9.25. The molecule has 0 radical (unpaired) electrons. The average molecular weight is 232 g/mol. The Morgan fingerprint density at radius 1 is 1.00 bits per heavy atom. The first-order valence-electron chi connectivity index (χ1n) is 6.12. The summed E-state index contributed by atoms with van der Waals surface area (Å²) in [7, 11) is 0. The smallest absolute Gasteiger partial charge is 0.259 e. The van der Waals surface area contributed by atoms with Crippen molar-refractivity contribution in [3.63, 3.8) is 0 Å². The lowest BCUT2D eigenvalue weighted by molar-refractivity contribution is 0.0305. The fraction of sp³-hybridized carbons (Fsp3) is 1.00. The van der Waals surface area contributed by atoms with Crippen LogP contribution in [0.5, 0.6) is 0 Å². The molecule has 3 saturated carbocycles. The van der Waals surface area contributed by atoms with Gasteiger partial charge in [0.2, 0.25) is 0 Å². The van der Waals surface area contributed by atoms with Gasteiger partial charge in [-0.15, -0.1) is 0 Å². The Morgan fingerprint density at radius 2 is 1.62 bits per heavy atom. The lowest BCUT2D eigenvalue weighted by Gasteiger charge is -2.30. The van der Waals surface area contributed by atoms with Crippen LogP contribution in [-0.2, 0) is 0 Å². The second kappa shape index (κ2) is 2.96. The highest BCUT2D eigenvalue weighted by atomic mass is 19.3. The van der Waals surface area contributed by atoms with Gasteiger partial charge in [0, 0.05) is 12.0 Å². The Labute approximate surface area is 93.7 Å². The molecule has 3 aliphatic rings. The van der Waals surface area contributed by atoms with Gasteiger partial charge in [-0.3, -0.25) is 0 Å². The Hall–Kier alpha value is -0.220. The van der Waals surface area contributed by atoms with E-state index in [1.54, 1.807) is 0 Å². The molecule has 4 heteroatoms. The molecule has 3 fully saturated rings. The van der Waals surface area contributed by atoms with Crippen LogP contribution in [0, 0.1) is 22.7 Å². The molecule has 0 saturated heterocycles. The van der Waals surface area contributed by atoms with E-state index in [4.69, 9.17) is 10.2 Å². The van der Waals surface area contributed by atoms with E-state index in [1.807, 2.05) is 0 Å². The van der Waals surface area contributed by atoms with Crippen LogP contribution in [0.25, 0.3) is 0 Å². The largest absolute Gasteiger partial charge is 0.396 e. The number of halogens is 2. The summed E-state index contributed by atoms with van der Waals surface area (Å²) in [6.07, 6.45) is 3.69. The normalized spacial score (nSPS) is 41.2. The Balaban J connectivity index is 1.68. The average Bonchev–Trinajstić information content (AvgIpc) is 3.06. The van der Waals surface area contributed by atoms with E-state index in [0.717, 1.165) is 19.3 Å². The predicted octanol–water partition coefficient (Wildman–Crippen LogP) is 1.80. The molecule has 3 aliphatic carbocycles. The molecule has 0 aromatic carbocycles. The van der Waals surface area contributed by atoms with Crippen molar-refractivity contribution in [3.8, 4) is 0 Å². The van der Waals surface area contributed by atoms with E-state index in [9.17, 15) is 8.78 Å². The maximum absolute atomic E-state index is 13.6. The van der Waals surface area contributed by atoms with Crippen molar-refractivity contribution < 1.29 is 19.0 Å². The van der Waals surface area contributed by atoms with E-state index in [-0.39, 0.29) is 18.6 Å². The zero-order chi connectivity index (χ0) is 11.6. The molecule has 0 aromatic rings. The van der Waals surface area contributed by atoms with Gasteiger partial charge in [0.1, 0.15) is 0 Å². The molecule has 3 rings (SSSR count). The standard InChI is InChI=1S/C12H18F2O2/c13-12(14)9(7-16)11(12)3-1-10(2-4-11)5-8(10)6-15/h8-9,15-16H,1-7H2/t8-,9-,10?,11?/m1/s1. The lowest BCUT2D eigenvalue weighted by atomic mass is 9.75. The summed E-state index contributed by atoms with van der Waals surface area (Å²) in [5.74, 6) is -3.10. The fourth-order valence-electron chi connectivity index (χ4n) is 4.06. The number of rotatable bonds is 2. The second-order valence-corrected chi connectivity index (χ2v) is 5.96. The number of aliphatic hydroxyl groups excluding tert-OH is 2. The molecule has 2 nitrogen and oxygen atoms in total. The lowest BCUT2D eigenvalue weighted by Crippen LogP contribution is -2.23. The summed E-state index contributed by atoms with van der Waals surface area (Å²) < 4.78 is 27.2. The minimum atomic E-state index is -2.65. The Bertz CT molecular complexity index is 308. The summed E-state index contributed by atoms with van der Waals surface area (Å²) in [5.41, 5.74) is -0.714. The van der Waals surface area contributed by atoms with Crippen LogP contribution in [0.2, 0.25) is 0 Å². The Kier molecular flexibility index (Phi) is 2.02. The monoisotopic (exact) mass is 232 g/mol. The van der Waals surface area contributed by atoms with Crippen LogP contribution in [0.1, 0.15) is 32.1 Å². The first-order valence-corrected chi connectivity index (χ1v) is 6.12. The third-order valence-electron chi connectivity index (χ3n) is 5.58. The van der Waals surface area contributed by atoms with Crippen molar-refractivity contribution in [2.75, 3.05) is 13.2 Å². The zero-order valence-electron chi connectivity index (χ0n) is 9.25. The van der Waals surface area contributed by atoms with Gasteiger partial charge in [-0.1, -0.05) is 0 Å². The van der Waals surface area contributed by atoms with Crippen LogP contribution < -0.4 is 0 Å². The third-order valence-corrected chi connectivity index (χ3v) is 5.58. The minimum Gasteiger partial charge on any atom is -0.396 e. The number of aliphatic hydroxyl groups is 2. The number of hydrogen-bond donors (Lipinski definition) is 2. The van der Waals surface area contributed by atoms with Crippen molar-refractivity contribution in [3.05, 3.63) is 0 Å².